The summed E-state index contributed by atoms with van der Waals surface area (Å²) >= 11 is 0. The fraction of sp³-hybridized carbons (Fsp3) is 0. The molecule has 0 fully saturated rings. The van der Waals surface area contributed by atoms with E-state index in [1.165, 1.54) is 10.8 Å². The van der Waals surface area contributed by atoms with Crippen LogP contribution in [0.4, 0.5) is 5.69 Å². The van der Waals surface area contributed by atoms with E-state index in [2.05, 4.69) is 0 Å². The summed E-state index contributed by atoms with van der Waals surface area (Å²) in [6, 6.07) is 3.17. The number of nitrogens with two attached hydrogens (primary N) is 1. The highest BCUT2D eigenvalue weighted by atomic mass is 15.0. The van der Waals surface area contributed by atoms with Crippen LogP contribution in [-0.2, 0) is 0 Å². The molecule has 0 aliphatic carbocycles. The van der Waals surface area contributed by atoms with Gasteiger partial charge < -0.3 is 5.73 Å². The minimum atomic E-state index is 0.254. The molecule has 0 bridgehead atoms. The third kappa shape index (κ3) is 1.05. The normalized spacial score (nSPS) is 9.20. The van der Waals surface area contributed by atoms with Crippen LogP contribution in [0.5, 0.6) is 0 Å². The van der Waals surface area contributed by atoms with Crippen LogP contribution in [-0.4, -0.2) is 10.9 Å². The van der Waals surface area contributed by atoms with Gasteiger partial charge in [-0.3, -0.25) is 15.4 Å². The van der Waals surface area contributed by atoms with Crippen LogP contribution in [0.25, 0.3) is 0 Å². The Kier molecular flexibility index (Phi) is 1.53. The largest absolute Gasteiger partial charge is 0.398 e. The molecule has 0 aliphatic rings. The summed E-state index contributed by atoms with van der Waals surface area (Å²) in [5.41, 5.74) is 6.20. The van der Waals surface area contributed by atoms with Gasteiger partial charge in [-0.05, 0) is 12.1 Å². The van der Waals surface area contributed by atoms with Crippen molar-refractivity contribution < 1.29 is 0 Å². The molecule has 1 rings (SSSR count). The lowest BCUT2D eigenvalue weighted by molar-refractivity contribution is 0.990. The van der Waals surface area contributed by atoms with Crippen LogP contribution in [0.2, 0.25) is 0 Å². The van der Waals surface area contributed by atoms with Crippen molar-refractivity contribution in [1.82, 2.24) is 4.57 Å². The first-order valence-electron chi connectivity index (χ1n) is 2.77. The SMILES string of the molecule is N=Cn1cc(N)ccc1=N. The second-order valence-corrected chi connectivity index (χ2v) is 1.88. The number of hydrogen-bond acceptors (Lipinski definition) is 3. The van der Waals surface area contributed by atoms with Crippen molar-refractivity contribution in [1.29, 1.82) is 10.8 Å². The number of aromatic nitrogens is 1. The Balaban J connectivity index is 3.35. The summed E-state index contributed by atoms with van der Waals surface area (Å²) in [6.07, 6.45) is 2.56. The van der Waals surface area contributed by atoms with Gasteiger partial charge in [-0.15, -0.1) is 0 Å². The Labute approximate surface area is 57.9 Å². The van der Waals surface area contributed by atoms with Crippen LogP contribution in [0.15, 0.2) is 18.3 Å². The van der Waals surface area contributed by atoms with E-state index >= 15 is 0 Å². The standard InChI is InChI=1S/C6H8N4/c7-4-10-3-5(8)1-2-6(10)9/h1-4,7,9H,8H2. The van der Waals surface area contributed by atoms with Gasteiger partial charge in [-0.25, -0.2) is 0 Å². The zero-order chi connectivity index (χ0) is 7.56. The Morgan fingerprint density at radius 2 is 2.20 bits per heavy atom. The molecule has 1 heterocycles. The predicted octanol–water partition coefficient (Wildman–Crippen LogP) is 0.00494. The van der Waals surface area contributed by atoms with E-state index in [4.69, 9.17) is 16.6 Å². The maximum Gasteiger partial charge on any atom is 0.130 e. The molecule has 0 aliphatic heterocycles. The molecule has 0 aromatic carbocycles. The maximum atomic E-state index is 7.22. The average molecular weight is 136 g/mol. The lowest BCUT2D eigenvalue weighted by atomic mass is 10.4. The van der Waals surface area contributed by atoms with Gasteiger partial charge in [0.15, 0.2) is 0 Å². The van der Waals surface area contributed by atoms with Crippen LogP contribution >= 0.6 is 0 Å². The Hall–Kier alpha value is -1.58. The number of nitrogens with one attached hydrogen (secondary N) is 2. The minimum absolute atomic E-state index is 0.254. The predicted molar refractivity (Wildman–Crippen MR) is 38.9 cm³/mol. The van der Waals surface area contributed by atoms with E-state index in [9.17, 15) is 0 Å². The molecule has 4 heteroatoms. The molecule has 0 amide bonds. The van der Waals surface area contributed by atoms with E-state index in [0.717, 1.165) is 6.34 Å². The number of nitrogens with zero attached hydrogens (tertiary/aromatic N) is 1. The zero-order valence-electron chi connectivity index (χ0n) is 5.33. The van der Waals surface area contributed by atoms with Crippen LogP contribution < -0.4 is 11.2 Å². The summed E-state index contributed by atoms with van der Waals surface area (Å²) < 4.78 is 1.33. The van der Waals surface area contributed by atoms with Gasteiger partial charge in [0, 0.05) is 11.9 Å². The molecule has 0 atom stereocenters. The number of pyridine rings is 1. The highest BCUT2D eigenvalue weighted by Crippen LogP contribution is 1.92. The van der Waals surface area contributed by atoms with Crippen molar-refractivity contribution in [3.63, 3.8) is 0 Å². The molecular formula is C6H8N4. The molecule has 52 valence electrons. The number of rotatable bonds is 1. The molecular weight excluding hydrogens is 128 g/mol. The van der Waals surface area contributed by atoms with Crippen LogP contribution in [0.3, 0.4) is 0 Å². The first kappa shape index (κ1) is 6.54. The fourth-order valence-electron chi connectivity index (χ4n) is 0.641. The summed E-state index contributed by atoms with van der Waals surface area (Å²) in [6.45, 7) is 0. The number of anilines is 1. The van der Waals surface area contributed by atoms with Gasteiger partial charge in [0.05, 0.1) is 6.34 Å². The van der Waals surface area contributed by atoms with E-state index < -0.39 is 0 Å². The van der Waals surface area contributed by atoms with Crippen molar-refractivity contribution >= 4 is 12.0 Å². The molecule has 0 unspecified atom stereocenters. The second-order valence-electron chi connectivity index (χ2n) is 1.88. The summed E-state index contributed by atoms with van der Waals surface area (Å²) in [5.74, 6) is 0. The molecule has 1 aromatic rings. The Morgan fingerprint density at radius 1 is 1.50 bits per heavy atom. The first-order valence-corrected chi connectivity index (χ1v) is 2.77. The van der Waals surface area contributed by atoms with E-state index in [1.54, 1.807) is 12.1 Å². The summed E-state index contributed by atoms with van der Waals surface area (Å²) in [7, 11) is 0. The molecule has 10 heavy (non-hydrogen) atoms. The third-order valence-corrected chi connectivity index (χ3v) is 1.14. The van der Waals surface area contributed by atoms with Crippen molar-refractivity contribution in [3.8, 4) is 0 Å². The van der Waals surface area contributed by atoms with Gasteiger partial charge in [-0.1, -0.05) is 0 Å². The second kappa shape index (κ2) is 2.34. The Bertz CT molecular complexity index is 299. The first-order chi connectivity index (χ1) is 4.74. The highest BCUT2D eigenvalue weighted by molar-refractivity contribution is 5.55. The van der Waals surface area contributed by atoms with Gasteiger partial charge >= 0.3 is 0 Å². The van der Waals surface area contributed by atoms with Crippen LogP contribution in [0.1, 0.15) is 0 Å². The van der Waals surface area contributed by atoms with E-state index in [0.29, 0.717) is 5.69 Å². The molecule has 0 spiro atoms. The lowest BCUT2D eigenvalue weighted by Crippen LogP contribution is -2.17. The molecule has 0 saturated heterocycles. The molecule has 0 radical (unpaired) electrons. The molecule has 0 saturated carbocycles. The Morgan fingerprint density at radius 3 is 2.70 bits per heavy atom. The number of hydrogen-bond donors (Lipinski definition) is 3. The monoisotopic (exact) mass is 136 g/mol. The fourth-order valence-corrected chi connectivity index (χ4v) is 0.641. The average Bonchev–Trinajstić information content (AvgIpc) is 1.94. The lowest BCUT2D eigenvalue weighted by Gasteiger charge is -1.97. The molecule has 4 N–H and O–H groups in total. The minimum Gasteiger partial charge on any atom is -0.398 e. The summed E-state index contributed by atoms with van der Waals surface area (Å²) in [5, 5.41) is 14.1. The third-order valence-electron chi connectivity index (χ3n) is 1.14. The van der Waals surface area contributed by atoms with E-state index in [1.807, 2.05) is 0 Å². The quantitative estimate of drug-likeness (QED) is 0.369. The maximum absolute atomic E-state index is 7.22. The van der Waals surface area contributed by atoms with Crippen molar-refractivity contribution in [2.75, 3.05) is 5.73 Å². The summed E-state index contributed by atoms with van der Waals surface area (Å²) in [4.78, 5) is 0. The van der Waals surface area contributed by atoms with Crippen molar-refractivity contribution in [3.05, 3.63) is 23.8 Å². The van der Waals surface area contributed by atoms with Crippen LogP contribution in [0, 0.1) is 10.8 Å². The number of nitrogen functional groups attached to an aromatic ring is 1. The van der Waals surface area contributed by atoms with Gasteiger partial charge in [-0.2, -0.15) is 0 Å². The molecule has 1 aromatic heterocycles. The van der Waals surface area contributed by atoms with Gasteiger partial charge in [0.2, 0.25) is 0 Å². The van der Waals surface area contributed by atoms with Gasteiger partial charge in [0.1, 0.15) is 5.49 Å². The van der Waals surface area contributed by atoms with Crippen molar-refractivity contribution in [2.24, 2.45) is 0 Å². The zero-order valence-corrected chi connectivity index (χ0v) is 5.33. The molecule has 4 nitrogen and oxygen atoms in total. The smallest absolute Gasteiger partial charge is 0.130 e. The van der Waals surface area contributed by atoms with Crippen molar-refractivity contribution in [2.45, 2.75) is 0 Å². The highest BCUT2D eigenvalue weighted by Gasteiger charge is 1.86. The van der Waals surface area contributed by atoms with Gasteiger partial charge in [0.25, 0.3) is 0 Å². The topological polar surface area (TPSA) is 78.7 Å². The van der Waals surface area contributed by atoms with E-state index in [-0.39, 0.29) is 5.49 Å².